The summed E-state index contributed by atoms with van der Waals surface area (Å²) in [5, 5.41) is 10.6. The maximum absolute atomic E-state index is 6.79. The van der Waals surface area contributed by atoms with Gasteiger partial charge in [-0.2, -0.15) is 5.10 Å². The molecule has 0 bridgehead atoms. The molecule has 1 aromatic carbocycles. The molecule has 5 heterocycles. The van der Waals surface area contributed by atoms with E-state index in [1.165, 1.54) is 0 Å². The second-order valence-electron chi connectivity index (χ2n) is 9.53. The van der Waals surface area contributed by atoms with E-state index in [-0.39, 0.29) is 12.2 Å². The van der Waals surface area contributed by atoms with Gasteiger partial charge in [0, 0.05) is 45.2 Å². The van der Waals surface area contributed by atoms with Crippen LogP contribution in [-0.4, -0.2) is 90.3 Å². The van der Waals surface area contributed by atoms with Crippen molar-refractivity contribution in [3.63, 3.8) is 0 Å². The second kappa shape index (κ2) is 10.8. The number of thiophene rings is 1. The smallest absolute Gasteiger partial charge is 0.150 e. The summed E-state index contributed by atoms with van der Waals surface area (Å²) in [5.74, 6) is 0.998. The molecule has 0 saturated carbocycles. The van der Waals surface area contributed by atoms with Crippen molar-refractivity contribution < 1.29 is 14.2 Å². The summed E-state index contributed by atoms with van der Waals surface area (Å²) in [4.78, 5) is 14.1. The second-order valence-corrected chi connectivity index (χ2v) is 10.4. The first-order valence-corrected chi connectivity index (χ1v) is 13.5. The van der Waals surface area contributed by atoms with Gasteiger partial charge in [0.1, 0.15) is 18.2 Å². The number of methoxy groups -OCH3 is 1. The van der Waals surface area contributed by atoms with E-state index in [1.807, 2.05) is 6.20 Å². The number of hydrogen-bond acceptors (Lipinski definition) is 9. The predicted molar refractivity (Wildman–Crippen MR) is 141 cm³/mol. The number of benzene rings is 1. The fourth-order valence-electron chi connectivity index (χ4n) is 5.40. The van der Waals surface area contributed by atoms with Gasteiger partial charge in [0.05, 0.1) is 47.4 Å². The van der Waals surface area contributed by atoms with Gasteiger partial charge in [0.15, 0.2) is 0 Å². The van der Waals surface area contributed by atoms with Crippen molar-refractivity contribution in [2.24, 2.45) is 0 Å². The van der Waals surface area contributed by atoms with E-state index in [1.54, 1.807) is 24.8 Å². The number of nitrogens with one attached hydrogen (secondary N) is 1. The van der Waals surface area contributed by atoms with Crippen LogP contribution in [0.15, 0.2) is 42.2 Å². The minimum Gasteiger partial charge on any atom is -0.382 e. The summed E-state index contributed by atoms with van der Waals surface area (Å²) < 4.78 is 19.0. The summed E-state index contributed by atoms with van der Waals surface area (Å²) in [6.07, 6.45) is 5.96. The van der Waals surface area contributed by atoms with Crippen LogP contribution in [0.25, 0.3) is 21.1 Å². The molecular weight excluding hydrogens is 476 g/mol. The molecule has 190 valence electrons. The minimum atomic E-state index is -0.0788. The average Bonchev–Trinajstić information content (AvgIpc) is 3.59. The van der Waals surface area contributed by atoms with E-state index in [0.717, 1.165) is 78.1 Å². The Morgan fingerprint density at radius 3 is 2.94 bits per heavy atom. The number of piperidine rings is 1. The van der Waals surface area contributed by atoms with Crippen LogP contribution in [0.3, 0.4) is 0 Å². The lowest BCUT2D eigenvalue weighted by molar-refractivity contribution is -0.0569. The molecule has 3 aromatic heterocycles. The van der Waals surface area contributed by atoms with Crippen molar-refractivity contribution in [2.75, 3.05) is 57.9 Å². The van der Waals surface area contributed by atoms with Crippen molar-refractivity contribution in [1.29, 1.82) is 0 Å². The quantitative estimate of drug-likeness (QED) is 0.361. The lowest BCUT2D eigenvalue weighted by Crippen LogP contribution is -2.50. The SMILES string of the molecule is COCCOC1CCN(CC2CN(c3ncnc4ccsc34)CC(c3cccc4[nH]ncc34)O2)CC1. The third-order valence-electron chi connectivity index (χ3n) is 7.19. The Morgan fingerprint density at radius 1 is 1.14 bits per heavy atom. The standard InChI is InChI=1S/C26H32N6O3S/c1-33-10-11-34-18-5-8-31(9-6-18)14-19-15-32(26-25-23(7-12-36-25)27-17-28-26)16-24(35-19)20-3-2-4-22-21(20)13-29-30-22/h2-4,7,12-13,17-19,24H,5-6,8-11,14-16H2,1H3,(H,29,30). The number of aromatic nitrogens is 4. The molecule has 0 spiro atoms. The van der Waals surface area contributed by atoms with E-state index in [0.29, 0.717) is 19.3 Å². The number of likely N-dealkylation sites (tertiary alicyclic amines) is 1. The number of rotatable bonds is 8. The van der Waals surface area contributed by atoms with E-state index in [2.05, 4.69) is 54.6 Å². The molecule has 9 nitrogen and oxygen atoms in total. The number of aromatic amines is 1. The monoisotopic (exact) mass is 508 g/mol. The van der Waals surface area contributed by atoms with Crippen LogP contribution in [0.5, 0.6) is 0 Å². The number of H-pyrrole nitrogens is 1. The van der Waals surface area contributed by atoms with Gasteiger partial charge in [-0.1, -0.05) is 12.1 Å². The largest absolute Gasteiger partial charge is 0.382 e. The van der Waals surface area contributed by atoms with E-state index in [9.17, 15) is 0 Å². The van der Waals surface area contributed by atoms with Gasteiger partial charge < -0.3 is 24.0 Å². The van der Waals surface area contributed by atoms with Crippen LogP contribution >= 0.6 is 11.3 Å². The number of nitrogens with zero attached hydrogens (tertiary/aromatic N) is 5. The van der Waals surface area contributed by atoms with Gasteiger partial charge in [0.25, 0.3) is 0 Å². The lowest BCUT2D eigenvalue weighted by atomic mass is 10.0. The maximum atomic E-state index is 6.79. The summed E-state index contributed by atoms with van der Waals surface area (Å²) in [6, 6.07) is 8.35. The highest BCUT2D eigenvalue weighted by atomic mass is 32.1. The zero-order valence-electron chi connectivity index (χ0n) is 20.5. The first-order chi connectivity index (χ1) is 17.8. The Balaban J connectivity index is 1.22. The van der Waals surface area contributed by atoms with E-state index in [4.69, 9.17) is 19.2 Å². The zero-order chi connectivity index (χ0) is 24.3. The van der Waals surface area contributed by atoms with Gasteiger partial charge in [0.2, 0.25) is 0 Å². The maximum Gasteiger partial charge on any atom is 0.150 e. The topological polar surface area (TPSA) is 88.6 Å². The van der Waals surface area contributed by atoms with Crippen LogP contribution in [0.1, 0.15) is 24.5 Å². The molecule has 2 unspecified atom stereocenters. The number of anilines is 1. The fraction of sp³-hybridized carbons (Fsp3) is 0.500. The van der Waals surface area contributed by atoms with Crippen molar-refractivity contribution in [2.45, 2.75) is 31.2 Å². The Bertz CT molecular complexity index is 1200. The molecule has 1 N–H and O–H groups in total. The molecule has 2 atom stereocenters. The van der Waals surface area contributed by atoms with Crippen molar-refractivity contribution >= 4 is 38.3 Å². The Kier molecular flexibility index (Phi) is 7.11. The van der Waals surface area contributed by atoms with Crippen LogP contribution in [0.2, 0.25) is 0 Å². The van der Waals surface area contributed by atoms with Crippen LogP contribution in [-0.2, 0) is 14.2 Å². The van der Waals surface area contributed by atoms with E-state index >= 15 is 0 Å². The van der Waals surface area contributed by atoms with Gasteiger partial charge in [-0.05, 0) is 35.9 Å². The average molecular weight is 509 g/mol. The molecule has 0 radical (unpaired) electrons. The fourth-order valence-corrected chi connectivity index (χ4v) is 6.26. The number of ether oxygens (including phenoxy) is 3. The third-order valence-corrected chi connectivity index (χ3v) is 8.09. The number of hydrogen-bond donors (Lipinski definition) is 1. The van der Waals surface area contributed by atoms with Gasteiger partial charge in [-0.25, -0.2) is 9.97 Å². The molecule has 2 aliphatic rings. The summed E-state index contributed by atoms with van der Waals surface area (Å²) in [7, 11) is 1.71. The van der Waals surface area contributed by atoms with E-state index < -0.39 is 0 Å². The Labute approximate surface area is 214 Å². The van der Waals surface area contributed by atoms with Gasteiger partial charge in [-0.15, -0.1) is 11.3 Å². The molecule has 0 amide bonds. The first-order valence-electron chi connectivity index (χ1n) is 12.6. The Morgan fingerprint density at radius 2 is 2.06 bits per heavy atom. The normalized spacial score (nSPS) is 22.1. The highest BCUT2D eigenvalue weighted by molar-refractivity contribution is 7.17. The lowest BCUT2D eigenvalue weighted by Gasteiger charge is -2.42. The van der Waals surface area contributed by atoms with Crippen molar-refractivity contribution in [3.05, 3.63) is 47.7 Å². The zero-order valence-corrected chi connectivity index (χ0v) is 21.3. The molecule has 2 saturated heterocycles. The minimum absolute atomic E-state index is 0.0573. The van der Waals surface area contributed by atoms with Crippen LogP contribution in [0.4, 0.5) is 5.82 Å². The molecular formula is C26H32N6O3S. The Hall–Kier alpha value is -2.63. The third kappa shape index (κ3) is 4.96. The molecule has 10 heteroatoms. The molecule has 4 aromatic rings. The summed E-state index contributed by atoms with van der Waals surface area (Å²) in [5.41, 5.74) is 3.19. The highest BCUT2D eigenvalue weighted by Crippen LogP contribution is 2.35. The highest BCUT2D eigenvalue weighted by Gasteiger charge is 2.33. The molecule has 2 aliphatic heterocycles. The van der Waals surface area contributed by atoms with Crippen molar-refractivity contribution in [1.82, 2.24) is 25.1 Å². The molecule has 36 heavy (non-hydrogen) atoms. The molecule has 2 fully saturated rings. The van der Waals surface area contributed by atoms with Crippen molar-refractivity contribution in [3.8, 4) is 0 Å². The summed E-state index contributed by atoms with van der Waals surface area (Å²) in [6.45, 7) is 5.77. The van der Waals surface area contributed by atoms with Gasteiger partial charge in [-0.3, -0.25) is 5.10 Å². The number of fused-ring (bicyclic) bond motifs is 2. The summed E-state index contributed by atoms with van der Waals surface area (Å²) >= 11 is 1.70. The number of morpholine rings is 1. The molecule has 6 rings (SSSR count). The van der Waals surface area contributed by atoms with Crippen LogP contribution < -0.4 is 4.90 Å². The first kappa shape index (κ1) is 23.7. The van der Waals surface area contributed by atoms with Crippen LogP contribution in [0, 0.1) is 0 Å². The molecule has 0 aliphatic carbocycles. The predicted octanol–water partition coefficient (Wildman–Crippen LogP) is 3.64. The van der Waals surface area contributed by atoms with Gasteiger partial charge >= 0.3 is 0 Å².